The molecule has 1 heterocycles. The maximum atomic E-state index is 13.5. The summed E-state index contributed by atoms with van der Waals surface area (Å²) in [6, 6.07) is 5.05. The molecule has 0 saturated carbocycles. The van der Waals surface area contributed by atoms with E-state index in [1.165, 1.54) is 18.9 Å². The number of thiocarbonyl (C=S) groups is 1. The van der Waals surface area contributed by atoms with Crippen LogP contribution in [0.15, 0.2) is 18.2 Å². The van der Waals surface area contributed by atoms with Crippen LogP contribution >= 0.6 is 12.2 Å². The quantitative estimate of drug-likeness (QED) is 0.850. The van der Waals surface area contributed by atoms with Gasteiger partial charge in [0.1, 0.15) is 10.8 Å². The van der Waals surface area contributed by atoms with E-state index in [9.17, 15) is 4.39 Å². The molecule has 2 rings (SSSR count). The highest BCUT2D eigenvalue weighted by molar-refractivity contribution is 7.80. The highest BCUT2D eigenvalue weighted by Gasteiger charge is 2.21. The first-order valence-corrected chi connectivity index (χ1v) is 6.81. The third kappa shape index (κ3) is 3.06. The van der Waals surface area contributed by atoms with Gasteiger partial charge in [-0.1, -0.05) is 31.6 Å². The molecule has 0 amide bonds. The molecule has 0 bridgehead atoms. The standard InChI is InChI=1S/C14H19FN2S/c1-2-10-5-6-17(8-10)9-11-3-4-13(15)12(7-11)14(16)18/h3-4,7,10H,2,5-6,8-9H2,1H3,(H2,16,18). The van der Waals surface area contributed by atoms with E-state index >= 15 is 0 Å². The van der Waals surface area contributed by atoms with Gasteiger partial charge in [-0.05, 0) is 36.6 Å². The molecule has 4 heteroatoms. The maximum absolute atomic E-state index is 13.5. The molecule has 2 N–H and O–H groups in total. The normalized spacial score (nSPS) is 20.2. The molecule has 0 aromatic heterocycles. The second-order valence-electron chi connectivity index (χ2n) is 4.98. The molecule has 1 unspecified atom stereocenters. The molecule has 98 valence electrons. The van der Waals surface area contributed by atoms with Crippen molar-refractivity contribution in [2.75, 3.05) is 13.1 Å². The Labute approximate surface area is 113 Å². The summed E-state index contributed by atoms with van der Waals surface area (Å²) in [7, 11) is 0. The predicted octanol–water partition coefficient (Wildman–Crippen LogP) is 2.69. The average molecular weight is 266 g/mol. The molecule has 2 nitrogen and oxygen atoms in total. The van der Waals surface area contributed by atoms with E-state index in [2.05, 4.69) is 11.8 Å². The summed E-state index contributed by atoms with van der Waals surface area (Å²) in [6.45, 7) is 5.35. The van der Waals surface area contributed by atoms with E-state index in [4.69, 9.17) is 18.0 Å². The molecule has 1 aromatic carbocycles. The number of likely N-dealkylation sites (tertiary alicyclic amines) is 1. The lowest BCUT2D eigenvalue weighted by molar-refractivity contribution is 0.315. The molecule has 0 aliphatic carbocycles. The molecule has 1 saturated heterocycles. The van der Waals surface area contributed by atoms with Gasteiger partial charge >= 0.3 is 0 Å². The van der Waals surface area contributed by atoms with E-state index in [1.807, 2.05) is 6.07 Å². The Kier molecular flexibility index (Phi) is 4.30. The number of hydrogen-bond acceptors (Lipinski definition) is 2. The second-order valence-corrected chi connectivity index (χ2v) is 5.42. The fourth-order valence-corrected chi connectivity index (χ4v) is 2.66. The lowest BCUT2D eigenvalue weighted by atomic mass is 10.1. The van der Waals surface area contributed by atoms with Gasteiger partial charge < -0.3 is 5.73 Å². The molecule has 1 atom stereocenters. The minimum absolute atomic E-state index is 0.127. The highest BCUT2D eigenvalue weighted by atomic mass is 32.1. The summed E-state index contributed by atoms with van der Waals surface area (Å²) in [5.74, 6) is 0.472. The fraction of sp³-hybridized carbons (Fsp3) is 0.500. The number of hydrogen-bond donors (Lipinski definition) is 1. The maximum Gasteiger partial charge on any atom is 0.133 e. The second kappa shape index (κ2) is 5.76. The van der Waals surface area contributed by atoms with Crippen molar-refractivity contribution in [3.05, 3.63) is 35.1 Å². The van der Waals surface area contributed by atoms with E-state index in [-0.39, 0.29) is 10.8 Å². The van der Waals surface area contributed by atoms with Gasteiger partial charge in [-0.3, -0.25) is 4.90 Å². The zero-order valence-electron chi connectivity index (χ0n) is 10.7. The van der Waals surface area contributed by atoms with E-state index in [0.29, 0.717) is 5.56 Å². The first-order chi connectivity index (χ1) is 8.60. The minimum Gasteiger partial charge on any atom is -0.389 e. The molecular weight excluding hydrogens is 247 g/mol. The number of rotatable bonds is 4. The SMILES string of the molecule is CCC1CCN(Cc2ccc(F)c(C(N)=S)c2)C1. The van der Waals surface area contributed by atoms with Crippen LogP contribution in [0, 0.1) is 11.7 Å². The predicted molar refractivity (Wildman–Crippen MR) is 76.0 cm³/mol. The van der Waals surface area contributed by atoms with Gasteiger partial charge in [-0.25, -0.2) is 4.39 Å². The first-order valence-electron chi connectivity index (χ1n) is 6.40. The van der Waals surface area contributed by atoms with Gasteiger partial charge in [-0.2, -0.15) is 0 Å². The van der Waals surface area contributed by atoms with Crippen molar-refractivity contribution in [2.24, 2.45) is 11.7 Å². The zero-order chi connectivity index (χ0) is 13.1. The third-order valence-corrected chi connectivity index (χ3v) is 3.87. The summed E-state index contributed by atoms with van der Waals surface area (Å²) in [6.07, 6.45) is 2.50. The van der Waals surface area contributed by atoms with Crippen LogP contribution in [0.1, 0.15) is 30.9 Å². The number of benzene rings is 1. The Morgan fingerprint density at radius 1 is 1.56 bits per heavy atom. The first kappa shape index (κ1) is 13.4. The van der Waals surface area contributed by atoms with Crippen LogP contribution in [0.5, 0.6) is 0 Å². The molecule has 0 radical (unpaired) electrons. The Balaban J connectivity index is 2.06. The molecular formula is C14H19FN2S. The van der Waals surface area contributed by atoms with E-state index in [0.717, 1.165) is 31.1 Å². The lowest BCUT2D eigenvalue weighted by Crippen LogP contribution is -2.20. The van der Waals surface area contributed by atoms with Gasteiger partial charge in [0.25, 0.3) is 0 Å². The van der Waals surface area contributed by atoms with Gasteiger partial charge in [0.15, 0.2) is 0 Å². The molecule has 1 aliphatic heterocycles. The van der Waals surface area contributed by atoms with Crippen molar-refractivity contribution in [1.82, 2.24) is 4.90 Å². The Morgan fingerprint density at radius 3 is 2.94 bits per heavy atom. The third-order valence-electron chi connectivity index (χ3n) is 3.65. The van der Waals surface area contributed by atoms with Crippen molar-refractivity contribution < 1.29 is 4.39 Å². The molecule has 0 spiro atoms. The van der Waals surface area contributed by atoms with Crippen LogP contribution < -0.4 is 5.73 Å². The van der Waals surface area contributed by atoms with Crippen LogP contribution in [0.25, 0.3) is 0 Å². The molecule has 18 heavy (non-hydrogen) atoms. The van der Waals surface area contributed by atoms with Crippen LogP contribution in [0.4, 0.5) is 4.39 Å². The summed E-state index contributed by atoms with van der Waals surface area (Å²) in [4.78, 5) is 2.53. The highest BCUT2D eigenvalue weighted by Crippen LogP contribution is 2.21. The number of nitrogens with zero attached hydrogens (tertiary/aromatic N) is 1. The van der Waals surface area contributed by atoms with Crippen LogP contribution in [-0.2, 0) is 6.54 Å². The van der Waals surface area contributed by atoms with Crippen molar-refractivity contribution in [3.8, 4) is 0 Å². The van der Waals surface area contributed by atoms with E-state index in [1.54, 1.807) is 6.07 Å². The smallest absolute Gasteiger partial charge is 0.133 e. The van der Waals surface area contributed by atoms with Crippen LogP contribution in [-0.4, -0.2) is 23.0 Å². The van der Waals surface area contributed by atoms with Crippen LogP contribution in [0.2, 0.25) is 0 Å². The topological polar surface area (TPSA) is 29.3 Å². The largest absolute Gasteiger partial charge is 0.389 e. The Morgan fingerprint density at radius 2 is 2.33 bits per heavy atom. The fourth-order valence-electron chi connectivity index (χ4n) is 2.51. The summed E-state index contributed by atoms with van der Waals surface area (Å²) in [5, 5.41) is 0. The monoisotopic (exact) mass is 266 g/mol. The van der Waals surface area contributed by atoms with Crippen molar-refractivity contribution in [1.29, 1.82) is 0 Å². The lowest BCUT2D eigenvalue weighted by Gasteiger charge is -2.16. The molecule has 1 aromatic rings. The van der Waals surface area contributed by atoms with Gasteiger partial charge in [0.05, 0.1) is 0 Å². The summed E-state index contributed by atoms with van der Waals surface area (Å²) < 4.78 is 13.5. The summed E-state index contributed by atoms with van der Waals surface area (Å²) in [5.41, 5.74) is 6.95. The Bertz CT molecular complexity index is 447. The van der Waals surface area contributed by atoms with Crippen LogP contribution in [0.3, 0.4) is 0 Å². The van der Waals surface area contributed by atoms with E-state index < -0.39 is 0 Å². The van der Waals surface area contributed by atoms with Crippen molar-refractivity contribution in [2.45, 2.75) is 26.3 Å². The van der Waals surface area contributed by atoms with Crippen molar-refractivity contribution >= 4 is 17.2 Å². The minimum atomic E-state index is -0.334. The summed E-state index contributed by atoms with van der Waals surface area (Å²) >= 11 is 4.85. The Hall–Kier alpha value is -1.00. The van der Waals surface area contributed by atoms with Crippen molar-refractivity contribution in [3.63, 3.8) is 0 Å². The zero-order valence-corrected chi connectivity index (χ0v) is 11.5. The number of halogens is 1. The molecule has 1 fully saturated rings. The number of nitrogens with two attached hydrogens (primary N) is 1. The average Bonchev–Trinajstić information content (AvgIpc) is 2.79. The van der Waals surface area contributed by atoms with Gasteiger partial charge in [0, 0.05) is 18.7 Å². The van der Waals surface area contributed by atoms with Gasteiger partial charge in [0.2, 0.25) is 0 Å². The molecule has 1 aliphatic rings. The van der Waals surface area contributed by atoms with Gasteiger partial charge in [-0.15, -0.1) is 0 Å².